The summed E-state index contributed by atoms with van der Waals surface area (Å²) in [6.07, 6.45) is 5.46. The lowest BCUT2D eigenvalue weighted by Gasteiger charge is -2.03. The van der Waals surface area contributed by atoms with Crippen LogP contribution in [0.4, 0.5) is 0 Å². The molecule has 0 fully saturated rings. The molecule has 0 aliphatic rings. The average Bonchev–Trinajstić information content (AvgIpc) is 2.74. The maximum Gasteiger partial charge on any atom is 0.0790 e. The second-order valence-electron chi connectivity index (χ2n) is 3.66. The molecule has 0 atom stereocenters. The van der Waals surface area contributed by atoms with Crippen LogP contribution in [0, 0.1) is 0 Å². The Labute approximate surface area is 99.8 Å². The van der Waals surface area contributed by atoms with E-state index in [4.69, 9.17) is 17.3 Å². The average molecular weight is 236 g/mol. The van der Waals surface area contributed by atoms with Gasteiger partial charge in [-0.25, -0.2) is 4.68 Å². The number of hydrogen-bond donors (Lipinski definition) is 1. The van der Waals surface area contributed by atoms with Crippen LogP contribution in [0.25, 0.3) is 5.69 Å². The minimum Gasteiger partial charge on any atom is -0.330 e. The zero-order valence-electron chi connectivity index (χ0n) is 8.94. The molecule has 2 rings (SSSR count). The van der Waals surface area contributed by atoms with Crippen LogP contribution in [0.1, 0.15) is 12.0 Å². The van der Waals surface area contributed by atoms with E-state index in [0.717, 1.165) is 25.1 Å². The Bertz CT molecular complexity index is 448. The van der Waals surface area contributed by atoms with Gasteiger partial charge < -0.3 is 5.73 Å². The first-order chi connectivity index (χ1) is 7.79. The molecule has 3 nitrogen and oxygen atoms in total. The third-order valence-electron chi connectivity index (χ3n) is 2.42. The third-order valence-corrected chi connectivity index (χ3v) is 2.62. The van der Waals surface area contributed by atoms with Crippen molar-refractivity contribution in [2.45, 2.75) is 12.8 Å². The van der Waals surface area contributed by atoms with Crippen molar-refractivity contribution in [3.63, 3.8) is 0 Å². The SMILES string of the molecule is NCCCc1ccc(-n2cc(Cl)cn2)cc1. The van der Waals surface area contributed by atoms with Crippen LogP contribution < -0.4 is 5.73 Å². The van der Waals surface area contributed by atoms with Crippen LogP contribution in [0.15, 0.2) is 36.7 Å². The predicted octanol–water partition coefficient (Wildman–Crippen LogP) is 2.42. The smallest absolute Gasteiger partial charge is 0.0790 e. The summed E-state index contributed by atoms with van der Waals surface area (Å²) < 4.78 is 1.76. The van der Waals surface area contributed by atoms with Gasteiger partial charge in [0.2, 0.25) is 0 Å². The summed E-state index contributed by atoms with van der Waals surface area (Å²) in [5, 5.41) is 4.79. The first-order valence-electron chi connectivity index (χ1n) is 5.29. The summed E-state index contributed by atoms with van der Waals surface area (Å²) in [7, 11) is 0. The lowest BCUT2D eigenvalue weighted by atomic mass is 10.1. The lowest BCUT2D eigenvalue weighted by Crippen LogP contribution is -2.00. The van der Waals surface area contributed by atoms with Crippen molar-refractivity contribution in [3.05, 3.63) is 47.2 Å². The summed E-state index contributed by atoms with van der Waals surface area (Å²) in [6, 6.07) is 8.27. The molecule has 2 aromatic rings. The van der Waals surface area contributed by atoms with Crippen molar-refractivity contribution in [1.82, 2.24) is 9.78 Å². The summed E-state index contributed by atoms with van der Waals surface area (Å²) in [6.45, 7) is 0.733. The van der Waals surface area contributed by atoms with Gasteiger partial charge in [0.25, 0.3) is 0 Å². The quantitative estimate of drug-likeness (QED) is 0.885. The van der Waals surface area contributed by atoms with Crippen LogP contribution >= 0.6 is 11.6 Å². The van der Waals surface area contributed by atoms with Crippen molar-refractivity contribution in [2.24, 2.45) is 5.73 Å². The topological polar surface area (TPSA) is 43.8 Å². The number of nitrogens with two attached hydrogens (primary N) is 1. The van der Waals surface area contributed by atoms with Crippen LogP contribution in [0.5, 0.6) is 0 Å². The summed E-state index contributed by atoms with van der Waals surface area (Å²) >= 11 is 5.81. The minimum atomic E-state index is 0.646. The maximum absolute atomic E-state index is 5.81. The van der Waals surface area contributed by atoms with E-state index >= 15 is 0 Å². The second kappa shape index (κ2) is 5.14. The van der Waals surface area contributed by atoms with E-state index in [0.29, 0.717) is 5.02 Å². The van der Waals surface area contributed by atoms with E-state index in [1.165, 1.54) is 5.56 Å². The number of hydrogen-bond acceptors (Lipinski definition) is 2. The van der Waals surface area contributed by atoms with Gasteiger partial charge in [0.1, 0.15) is 0 Å². The van der Waals surface area contributed by atoms with Gasteiger partial charge >= 0.3 is 0 Å². The van der Waals surface area contributed by atoms with Crippen molar-refractivity contribution < 1.29 is 0 Å². The van der Waals surface area contributed by atoms with E-state index in [-0.39, 0.29) is 0 Å². The fourth-order valence-corrected chi connectivity index (χ4v) is 1.70. The van der Waals surface area contributed by atoms with E-state index in [1.807, 2.05) is 12.1 Å². The largest absolute Gasteiger partial charge is 0.330 e. The van der Waals surface area contributed by atoms with Gasteiger partial charge in [-0.05, 0) is 37.1 Å². The van der Waals surface area contributed by atoms with E-state index in [9.17, 15) is 0 Å². The molecule has 0 amide bonds. The Morgan fingerprint density at radius 3 is 2.56 bits per heavy atom. The minimum absolute atomic E-state index is 0.646. The van der Waals surface area contributed by atoms with Crippen LogP contribution in [0.2, 0.25) is 5.02 Å². The lowest BCUT2D eigenvalue weighted by molar-refractivity contribution is 0.829. The molecule has 2 N–H and O–H groups in total. The van der Waals surface area contributed by atoms with E-state index < -0.39 is 0 Å². The Morgan fingerprint density at radius 2 is 2.00 bits per heavy atom. The van der Waals surface area contributed by atoms with Gasteiger partial charge in [0.15, 0.2) is 0 Å². The molecule has 84 valence electrons. The first kappa shape index (κ1) is 11.2. The van der Waals surface area contributed by atoms with Gasteiger partial charge in [0, 0.05) is 6.20 Å². The highest BCUT2D eigenvalue weighted by Gasteiger charge is 1.99. The molecular formula is C12H14ClN3. The van der Waals surface area contributed by atoms with Crippen LogP contribution in [-0.4, -0.2) is 16.3 Å². The molecule has 0 spiro atoms. The van der Waals surface area contributed by atoms with Crippen molar-refractivity contribution in [1.29, 1.82) is 0 Å². The van der Waals surface area contributed by atoms with Gasteiger partial charge in [-0.2, -0.15) is 5.10 Å². The highest BCUT2D eigenvalue weighted by molar-refractivity contribution is 6.30. The summed E-state index contributed by atoms with van der Waals surface area (Å²) in [4.78, 5) is 0. The Morgan fingerprint density at radius 1 is 1.25 bits per heavy atom. The molecule has 0 saturated carbocycles. The molecule has 0 aliphatic carbocycles. The van der Waals surface area contributed by atoms with Gasteiger partial charge in [0.05, 0.1) is 16.9 Å². The molecule has 1 aromatic heterocycles. The fraction of sp³-hybridized carbons (Fsp3) is 0.250. The second-order valence-corrected chi connectivity index (χ2v) is 4.10. The van der Waals surface area contributed by atoms with Crippen molar-refractivity contribution in [2.75, 3.05) is 6.54 Å². The van der Waals surface area contributed by atoms with Crippen molar-refractivity contribution in [3.8, 4) is 5.69 Å². The molecule has 1 aromatic carbocycles. The molecule has 0 radical (unpaired) electrons. The molecule has 16 heavy (non-hydrogen) atoms. The highest BCUT2D eigenvalue weighted by atomic mass is 35.5. The number of rotatable bonds is 4. The number of halogens is 1. The molecule has 4 heteroatoms. The first-order valence-corrected chi connectivity index (χ1v) is 5.67. The number of nitrogens with zero attached hydrogens (tertiary/aromatic N) is 2. The monoisotopic (exact) mass is 235 g/mol. The Kier molecular flexibility index (Phi) is 3.59. The van der Waals surface area contributed by atoms with Crippen LogP contribution in [0.3, 0.4) is 0 Å². The number of benzene rings is 1. The van der Waals surface area contributed by atoms with Gasteiger partial charge in [-0.15, -0.1) is 0 Å². The highest BCUT2D eigenvalue weighted by Crippen LogP contribution is 2.13. The third kappa shape index (κ3) is 2.62. The molecule has 0 saturated heterocycles. The van der Waals surface area contributed by atoms with Crippen LogP contribution in [-0.2, 0) is 6.42 Å². The Balaban J connectivity index is 2.13. The molecule has 1 heterocycles. The molecular weight excluding hydrogens is 222 g/mol. The molecule has 0 bridgehead atoms. The van der Waals surface area contributed by atoms with E-state index in [1.54, 1.807) is 17.1 Å². The van der Waals surface area contributed by atoms with Gasteiger partial charge in [-0.3, -0.25) is 0 Å². The predicted molar refractivity (Wildman–Crippen MR) is 65.9 cm³/mol. The normalized spacial score (nSPS) is 10.6. The number of aryl methyl sites for hydroxylation is 1. The fourth-order valence-electron chi connectivity index (χ4n) is 1.56. The zero-order chi connectivity index (χ0) is 11.4. The van der Waals surface area contributed by atoms with E-state index in [2.05, 4.69) is 17.2 Å². The maximum atomic E-state index is 5.81. The standard InChI is InChI=1S/C12H14ClN3/c13-11-8-15-16(9-11)12-5-3-10(4-6-12)2-1-7-14/h3-6,8-9H,1-2,7,14H2. The summed E-state index contributed by atoms with van der Waals surface area (Å²) in [5.41, 5.74) is 7.79. The van der Waals surface area contributed by atoms with Gasteiger partial charge in [-0.1, -0.05) is 23.7 Å². The summed E-state index contributed by atoms with van der Waals surface area (Å²) in [5.74, 6) is 0. The zero-order valence-corrected chi connectivity index (χ0v) is 9.69. The van der Waals surface area contributed by atoms with Crippen molar-refractivity contribution >= 4 is 11.6 Å². The Hall–Kier alpha value is -1.32. The number of aromatic nitrogens is 2. The molecule has 0 aliphatic heterocycles. The molecule has 0 unspecified atom stereocenters.